The zero-order valence-electron chi connectivity index (χ0n) is 7.56. The Kier molecular flexibility index (Phi) is 1.97. The molecule has 70 valence electrons. The smallest absolute Gasteiger partial charge is 0.241 e. The van der Waals surface area contributed by atoms with Crippen molar-refractivity contribution in [1.29, 1.82) is 5.26 Å². The second-order valence-corrected chi connectivity index (χ2v) is 3.71. The topological polar surface area (TPSA) is 53.3 Å². The average Bonchev–Trinajstić information content (AvgIpc) is 2.76. The van der Waals surface area contributed by atoms with Gasteiger partial charge in [0.1, 0.15) is 0 Å². The van der Waals surface area contributed by atoms with E-state index in [4.69, 9.17) is 10.00 Å². The predicted molar refractivity (Wildman–Crippen MR) is 44.4 cm³/mol. The highest BCUT2D eigenvalue weighted by molar-refractivity contribution is 5.81. The summed E-state index contributed by atoms with van der Waals surface area (Å²) in [6, 6.07) is 0. The molecule has 2 bridgehead atoms. The Labute approximate surface area is 77.1 Å². The summed E-state index contributed by atoms with van der Waals surface area (Å²) in [6.07, 6.45) is 5.02. The minimum absolute atomic E-state index is 0.0663. The van der Waals surface area contributed by atoms with Crippen molar-refractivity contribution in [3.8, 4) is 6.19 Å². The van der Waals surface area contributed by atoms with E-state index in [9.17, 15) is 4.79 Å². The molecule has 4 nitrogen and oxygen atoms in total. The number of rotatable bonds is 1. The lowest BCUT2D eigenvalue weighted by atomic mass is 9.88. The second kappa shape index (κ2) is 3.00. The molecule has 0 spiro atoms. The fraction of sp³-hybridized carbons (Fsp3) is 0.778. The molecule has 0 aromatic carbocycles. The Bertz CT molecular complexity index is 271. The Morgan fingerprint density at radius 2 is 2.38 bits per heavy atom. The van der Waals surface area contributed by atoms with E-state index in [1.807, 2.05) is 6.19 Å². The first-order valence-electron chi connectivity index (χ1n) is 4.55. The molecule has 13 heavy (non-hydrogen) atoms. The molecule has 0 aromatic rings. The van der Waals surface area contributed by atoms with Crippen LogP contribution in [0.3, 0.4) is 0 Å². The van der Waals surface area contributed by atoms with Crippen LogP contribution in [0.2, 0.25) is 0 Å². The number of amides is 1. The fourth-order valence-corrected chi connectivity index (χ4v) is 2.20. The van der Waals surface area contributed by atoms with Crippen LogP contribution in [0, 0.1) is 17.4 Å². The van der Waals surface area contributed by atoms with Gasteiger partial charge in [0.15, 0.2) is 6.19 Å². The van der Waals surface area contributed by atoms with Gasteiger partial charge in [-0.1, -0.05) is 0 Å². The van der Waals surface area contributed by atoms with E-state index >= 15 is 0 Å². The van der Waals surface area contributed by atoms with E-state index in [0.29, 0.717) is 0 Å². The molecule has 0 N–H and O–H groups in total. The van der Waals surface area contributed by atoms with Crippen molar-refractivity contribution in [3.63, 3.8) is 0 Å². The molecule has 2 heterocycles. The lowest BCUT2D eigenvalue weighted by molar-refractivity contribution is -0.132. The SMILES string of the molecule is CN(C#N)C(=O)C1CC2CCC1O2. The van der Waals surface area contributed by atoms with Gasteiger partial charge in [-0.05, 0) is 19.3 Å². The van der Waals surface area contributed by atoms with Gasteiger partial charge in [-0.3, -0.25) is 9.69 Å². The number of nitrogens with zero attached hydrogens (tertiary/aromatic N) is 2. The van der Waals surface area contributed by atoms with Gasteiger partial charge < -0.3 is 4.74 Å². The maximum atomic E-state index is 11.6. The van der Waals surface area contributed by atoms with Crippen molar-refractivity contribution in [1.82, 2.24) is 4.90 Å². The highest BCUT2D eigenvalue weighted by Gasteiger charge is 2.45. The van der Waals surface area contributed by atoms with Crippen molar-refractivity contribution >= 4 is 5.91 Å². The van der Waals surface area contributed by atoms with Crippen molar-refractivity contribution < 1.29 is 9.53 Å². The summed E-state index contributed by atoms with van der Waals surface area (Å²) in [6.45, 7) is 0. The van der Waals surface area contributed by atoms with Gasteiger partial charge in [0, 0.05) is 7.05 Å². The normalized spacial score (nSPS) is 35.8. The summed E-state index contributed by atoms with van der Waals surface area (Å²) < 4.78 is 5.54. The number of nitriles is 1. The lowest BCUT2D eigenvalue weighted by Crippen LogP contribution is -2.34. The van der Waals surface area contributed by atoms with Crippen LogP contribution in [0.5, 0.6) is 0 Å². The first kappa shape index (κ1) is 8.52. The van der Waals surface area contributed by atoms with E-state index in [1.165, 1.54) is 7.05 Å². The van der Waals surface area contributed by atoms with Crippen LogP contribution in [0.15, 0.2) is 0 Å². The van der Waals surface area contributed by atoms with Crippen molar-refractivity contribution in [2.45, 2.75) is 31.5 Å². The quantitative estimate of drug-likeness (QED) is 0.436. The molecule has 0 radical (unpaired) electrons. The van der Waals surface area contributed by atoms with E-state index < -0.39 is 0 Å². The third kappa shape index (κ3) is 1.29. The van der Waals surface area contributed by atoms with Crippen LogP contribution >= 0.6 is 0 Å². The summed E-state index contributed by atoms with van der Waals surface area (Å²) in [5, 5.41) is 8.55. The van der Waals surface area contributed by atoms with Crippen molar-refractivity contribution in [3.05, 3.63) is 0 Å². The van der Waals surface area contributed by atoms with Gasteiger partial charge in [0.2, 0.25) is 5.91 Å². The Morgan fingerprint density at radius 1 is 1.62 bits per heavy atom. The van der Waals surface area contributed by atoms with Crippen LogP contribution in [-0.4, -0.2) is 30.1 Å². The monoisotopic (exact) mass is 180 g/mol. The Balaban J connectivity index is 2.03. The van der Waals surface area contributed by atoms with Crippen molar-refractivity contribution in [2.24, 2.45) is 5.92 Å². The van der Waals surface area contributed by atoms with Gasteiger partial charge in [0.25, 0.3) is 0 Å². The standard InChI is InChI=1S/C9H12N2O2/c1-11(5-10)9(12)7-4-6-2-3-8(7)13-6/h6-8H,2-4H2,1H3. The van der Waals surface area contributed by atoms with Crippen LogP contribution in [0.4, 0.5) is 0 Å². The van der Waals surface area contributed by atoms with E-state index in [1.54, 1.807) is 0 Å². The Morgan fingerprint density at radius 3 is 2.85 bits per heavy atom. The highest BCUT2D eigenvalue weighted by Crippen LogP contribution is 2.39. The van der Waals surface area contributed by atoms with E-state index in [-0.39, 0.29) is 24.0 Å². The maximum absolute atomic E-state index is 11.6. The fourth-order valence-electron chi connectivity index (χ4n) is 2.20. The Hall–Kier alpha value is -1.08. The molecule has 2 fully saturated rings. The van der Waals surface area contributed by atoms with Gasteiger partial charge in [-0.15, -0.1) is 0 Å². The molecule has 2 rings (SSSR count). The number of carbonyl (C=O) groups excluding carboxylic acids is 1. The van der Waals surface area contributed by atoms with Crippen LogP contribution in [-0.2, 0) is 9.53 Å². The molecule has 4 heteroatoms. The van der Waals surface area contributed by atoms with Gasteiger partial charge >= 0.3 is 0 Å². The number of carbonyl (C=O) groups is 1. The maximum Gasteiger partial charge on any atom is 0.241 e. The van der Waals surface area contributed by atoms with Gasteiger partial charge in [-0.25, -0.2) is 0 Å². The van der Waals surface area contributed by atoms with Gasteiger partial charge in [-0.2, -0.15) is 5.26 Å². The molecule has 2 aliphatic rings. The summed E-state index contributed by atoms with van der Waals surface area (Å²) in [5.74, 6) is -0.155. The number of ether oxygens (including phenoxy) is 1. The molecule has 0 aliphatic carbocycles. The van der Waals surface area contributed by atoms with Crippen LogP contribution in [0.1, 0.15) is 19.3 Å². The molecule has 2 aliphatic heterocycles. The first-order valence-corrected chi connectivity index (χ1v) is 4.55. The summed E-state index contributed by atoms with van der Waals surface area (Å²) in [5.41, 5.74) is 0. The molecule has 0 saturated carbocycles. The minimum atomic E-state index is -0.0882. The summed E-state index contributed by atoms with van der Waals surface area (Å²) in [4.78, 5) is 12.7. The second-order valence-electron chi connectivity index (χ2n) is 3.71. The third-order valence-electron chi connectivity index (χ3n) is 2.90. The average molecular weight is 180 g/mol. The first-order chi connectivity index (χ1) is 6.22. The number of hydrogen-bond donors (Lipinski definition) is 0. The molecule has 3 atom stereocenters. The van der Waals surface area contributed by atoms with Crippen LogP contribution in [0.25, 0.3) is 0 Å². The molecule has 0 aromatic heterocycles. The zero-order valence-corrected chi connectivity index (χ0v) is 7.56. The van der Waals surface area contributed by atoms with E-state index in [2.05, 4.69) is 0 Å². The summed E-state index contributed by atoms with van der Waals surface area (Å²) >= 11 is 0. The van der Waals surface area contributed by atoms with Crippen LogP contribution < -0.4 is 0 Å². The molecular weight excluding hydrogens is 168 g/mol. The number of hydrogen-bond acceptors (Lipinski definition) is 3. The third-order valence-corrected chi connectivity index (χ3v) is 2.90. The summed E-state index contributed by atoms with van der Waals surface area (Å²) in [7, 11) is 1.51. The molecular formula is C9H12N2O2. The predicted octanol–water partition coefficient (Wildman–Crippen LogP) is 0.493. The van der Waals surface area contributed by atoms with Gasteiger partial charge in [0.05, 0.1) is 18.1 Å². The minimum Gasteiger partial charge on any atom is -0.374 e. The largest absolute Gasteiger partial charge is 0.374 e. The van der Waals surface area contributed by atoms with E-state index in [0.717, 1.165) is 24.2 Å². The molecule has 3 unspecified atom stereocenters. The molecule has 1 amide bonds. The highest BCUT2D eigenvalue weighted by atomic mass is 16.5. The molecule has 2 saturated heterocycles. The lowest BCUT2D eigenvalue weighted by Gasteiger charge is -2.19. The van der Waals surface area contributed by atoms with Crippen molar-refractivity contribution in [2.75, 3.05) is 7.05 Å². The number of fused-ring (bicyclic) bond motifs is 2. The zero-order chi connectivity index (χ0) is 9.42.